The number of aryl methyl sites for hydroxylation is 1. The second-order valence-electron chi connectivity index (χ2n) is 5.65. The number of carboxylic acids is 1. The molecule has 0 saturated carbocycles. The molecule has 0 fully saturated rings. The molecule has 0 aromatic heterocycles. The van der Waals surface area contributed by atoms with Gasteiger partial charge in [0.2, 0.25) is 5.91 Å². The number of carboxylic acid groups (broad SMARTS) is 1. The summed E-state index contributed by atoms with van der Waals surface area (Å²) in [6, 6.07) is 7.80. The Balaban J connectivity index is 2.49. The number of aliphatic carboxylic acids is 1. The van der Waals surface area contributed by atoms with Gasteiger partial charge in [0.05, 0.1) is 5.92 Å². The van der Waals surface area contributed by atoms with Crippen LogP contribution in [0.2, 0.25) is 0 Å². The van der Waals surface area contributed by atoms with Crippen LogP contribution in [0.3, 0.4) is 0 Å². The third-order valence-electron chi connectivity index (χ3n) is 3.13. The normalized spacial score (nSPS) is 12.6. The molecule has 0 radical (unpaired) electrons. The van der Waals surface area contributed by atoms with Crippen molar-refractivity contribution < 1.29 is 14.7 Å². The first-order valence-electron chi connectivity index (χ1n) is 7.14. The highest BCUT2D eigenvalue weighted by Crippen LogP contribution is 2.11. The van der Waals surface area contributed by atoms with Crippen LogP contribution in [0.1, 0.15) is 31.4 Å². The van der Waals surface area contributed by atoms with Gasteiger partial charge in [0.1, 0.15) is 0 Å². The molecule has 0 bridgehead atoms. The average molecular weight is 289 g/mol. The van der Waals surface area contributed by atoms with E-state index < -0.39 is 11.9 Å². The van der Waals surface area contributed by atoms with E-state index in [2.05, 4.69) is 5.32 Å². The van der Waals surface area contributed by atoms with Gasteiger partial charge in [-0.05, 0) is 30.9 Å². The molecule has 0 spiro atoms. The summed E-state index contributed by atoms with van der Waals surface area (Å²) in [7, 11) is 0. The molecule has 0 saturated heterocycles. The molecule has 114 valence electrons. The molecule has 21 heavy (non-hydrogen) atoms. The summed E-state index contributed by atoms with van der Waals surface area (Å²) < 4.78 is 0. The lowest BCUT2D eigenvalue weighted by Gasteiger charge is -2.14. The Morgan fingerprint density at radius 2 is 1.86 bits per heavy atom. The van der Waals surface area contributed by atoms with Crippen LogP contribution in [0.5, 0.6) is 0 Å². The highest BCUT2D eigenvalue weighted by Gasteiger charge is 2.19. The highest BCUT2D eigenvalue weighted by molar-refractivity contribution is 5.91. The van der Waals surface area contributed by atoms with Crippen LogP contribution < -0.4 is 5.32 Å². The van der Waals surface area contributed by atoms with Crippen molar-refractivity contribution in [2.24, 2.45) is 11.8 Å². The van der Waals surface area contributed by atoms with Gasteiger partial charge in [0.15, 0.2) is 0 Å². The van der Waals surface area contributed by atoms with E-state index in [-0.39, 0.29) is 18.4 Å². The van der Waals surface area contributed by atoms with Crippen molar-refractivity contribution >= 4 is 18.0 Å². The molecule has 1 aromatic rings. The minimum absolute atomic E-state index is 0.157. The van der Waals surface area contributed by atoms with Crippen molar-refractivity contribution in [3.63, 3.8) is 0 Å². The van der Waals surface area contributed by atoms with Crippen LogP contribution in [-0.4, -0.2) is 23.5 Å². The van der Waals surface area contributed by atoms with Gasteiger partial charge in [-0.15, -0.1) is 0 Å². The van der Waals surface area contributed by atoms with Gasteiger partial charge in [0.25, 0.3) is 0 Å². The number of amides is 1. The number of nitrogens with one attached hydrogen (secondary N) is 1. The molecule has 2 N–H and O–H groups in total. The van der Waals surface area contributed by atoms with E-state index in [0.29, 0.717) is 6.42 Å². The van der Waals surface area contributed by atoms with Crippen molar-refractivity contribution in [1.82, 2.24) is 5.32 Å². The van der Waals surface area contributed by atoms with Crippen LogP contribution in [-0.2, 0) is 9.59 Å². The minimum atomic E-state index is -0.869. The largest absolute Gasteiger partial charge is 0.481 e. The second kappa shape index (κ2) is 8.25. The fraction of sp³-hybridized carbons (Fsp3) is 0.412. The summed E-state index contributed by atoms with van der Waals surface area (Å²) in [4.78, 5) is 22.8. The van der Waals surface area contributed by atoms with Crippen molar-refractivity contribution in [2.45, 2.75) is 27.2 Å². The van der Waals surface area contributed by atoms with Crippen molar-refractivity contribution in [3.05, 3.63) is 41.5 Å². The molecule has 0 aliphatic carbocycles. The maximum Gasteiger partial charge on any atom is 0.308 e. The summed E-state index contributed by atoms with van der Waals surface area (Å²) in [5.74, 6) is -1.40. The number of hydrogen-bond acceptors (Lipinski definition) is 2. The quantitative estimate of drug-likeness (QED) is 0.758. The van der Waals surface area contributed by atoms with Gasteiger partial charge < -0.3 is 10.4 Å². The number of hydrogen-bond donors (Lipinski definition) is 2. The van der Waals surface area contributed by atoms with E-state index in [9.17, 15) is 9.59 Å². The zero-order chi connectivity index (χ0) is 15.8. The van der Waals surface area contributed by atoms with E-state index in [1.54, 1.807) is 6.08 Å². The standard InChI is InChI=1S/C17H23NO3/c1-12(2)10-15(17(20)21)11-18-16(19)9-8-14-6-4-13(3)5-7-14/h4-9,12,15H,10-11H2,1-3H3,(H,18,19)(H,20,21)/b9-8+. The Morgan fingerprint density at radius 3 is 2.38 bits per heavy atom. The Hall–Kier alpha value is -2.10. The molecule has 1 rings (SSSR count). The first-order valence-corrected chi connectivity index (χ1v) is 7.14. The molecule has 1 atom stereocenters. The summed E-state index contributed by atoms with van der Waals surface area (Å²) in [5, 5.41) is 11.7. The fourth-order valence-corrected chi connectivity index (χ4v) is 1.97. The van der Waals surface area contributed by atoms with E-state index in [1.807, 2.05) is 45.0 Å². The topological polar surface area (TPSA) is 66.4 Å². The van der Waals surface area contributed by atoms with Gasteiger partial charge in [-0.25, -0.2) is 0 Å². The first-order chi connectivity index (χ1) is 9.88. The van der Waals surface area contributed by atoms with Crippen LogP contribution in [0, 0.1) is 18.8 Å². The monoisotopic (exact) mass is 289 g/mol. The lowest BCUT2D eigenvalue weighted by molar-refractivity contribution is -0.142. The molecule has 0 aliphatic rings. The molecule has 0 aliphatic heterocycles. The molecule has 1 amide bonds. The molecule has 1 aromatic carbocycles. The summed E-state index contributed by atoms with van der Waals surface area (Å²) in [5.41, 5.74) is 2.10. The van der Waals surface area contributed by atoms with Crippen LogP contribution in [0.15, 0.2) is 30.3 Å². The molecular formula is C17H23NO3. The maximum atomic E-state index is 11.7. The van der Waals surface area contributed by atoms with E-state index in [4.69, 9.17) is 5.11 Å². The molecule has 4 heteroatoms. The molecule has 0 heterocycles. The summed E-state index contributed by atoms with van der Waals surface area (Å²) in [6.07, 6.45) is 3.70. The molecule has 1 unspecified atom stereocenters. The van der Waals surface area contributed by atoms with Gasteiger partial charge >= 0.3 is 5.97 Å². The Labute approximate surface area is 125 Å². The van der Waals surface area contributed by atoms with Gasteiger partial charge in [-0.2, -0.15) is 0 Å². The van der Waals surface area contributed by atoms with E-state index in [1.165, 1.54) is 6.08 Å². The zero-order valence-electron chi connectivity index (χ0n) is 12.8. The third kappa shape index (κ3) is 6.75. The number of carbonyl (C=O) groups is 2. The van der Waals surface area contributed by atoms with Gasteiger partial charge in [0, 0.05) is 12.6 Å². The number of benzene rings is 1. The number of rotatable bonds is 7. The van der Waals surface area contributed by atoms with E-state index in [0.717, 1.165) is 11.1 Å². The van der Waals surface area contributed by atoms with Crippen molar-refractivity contribution in [3.8, 4) is 0 Å². The number of carbonyl (C=O) groups excluding carboxylic acids is 1. The van der Waals surface area contributed by atoms with Crippen LogP contribution >= 0.6 is 0 Å². The van der Waals surface area contributed by atoms with Crippen molar-refractivity contribution in [1.29, 1.82) is 0 Å². The van der Waals surface area contributed by atoms with Gasteiger partial charge in [-0.3, -0.25) is 9.59 Å². The van der Waals surface area contributed by atoms with Crippen LogP contribution in [0.4, 0.5) is 0 Å². The first kappa shape index (κ1) is 17.0. The average Bonchev–Trinajstić information content (AvgIpc) is 2.42. The van der Waals surface area contributed by atoms with E-state index >= 15 is 0 Å². The lowest BCUT2D eigenvalue weighted by atomic mass is 9.97. The Bertz CT molecular complexity index is 503. The second-order valence-corrected chi connectivity index (χ2v) is 5.65. The SMILES string of the molecule is Cc1ccc(/C=C/C(=O)NCC(CC(C)C)C(=O)O)cc1. The Morgan fingerprint density at radius 1 is 1.24 bits per heavy atom. The van der Waals surface area contributed by atoms with Gasteiger partial charge in [-0.1, -0.05) is 43.7 Å². The predicted molar refractivity (Wildman–Crippen MR) is 83.8 cm³/mol. The van der Waals surface area contributed by atoms with Crippen molar-refractivity contribution in [2.75, 3.05) is 6.54 Å². The fourth-order valence-electron chi connectivity index (χ4n) is 1.97. The van der Waals surface area contributed by atoms with Crippen LogP contribution in [0.25, 0.3) is 6.08 Å². The summed E-state index contributed by atoms with van der Waals surface area (Å²) >= 11 is 0. The zero-order valence-corrected chi connectivity index (χ0v) is 12.8. The third-order valence-corrected chi connectivity index (χ3v) is 3.13. The predicted octanol–water partition coefficient (Wildman–Crippen LogP) is 2.87. The Kier molecular flexibility index (Phi) is 6.66. The minimum Gasteiger partial charge on any atom is -0.481 e. The molecular weight excluding hydrogens is 266 g/mol. The summed E-state index contributed by atoms with van der Waals surface area (Å²) in [6.45, 7) is 6.09. The molecule has 4 nitrogen and oxygen atoms in total. The lowest BCUT2D eigenvalue weighted by Crippen LogP contribution is -2.32. The smallest absolute Gasteiger partial charge is 0.308 e. The highest BCUT2D eigenvalue weighted by atomic mass is 16.4. The maximum absolute atomic E-state index is 11.7.